The van der Waals surface area contributed by atoms with Gasteiger partial charge in [0.1, 0.15) is 5.69 Å². The fourth-order valence-electron chi connectivity index (χ4n) is 1.69. The first-order chi connectivity index (χ1) is 8.59. The van der Waals surface area contributed by atoms with Gasteiger partial charge in [0.25, 0.3) is 5.91 Å². The van der Waals surface area contributed by atoms with Gasteiger partial charge < -0.3 is 9.88 Å². The number of nitrogens with one attached hydrogen (secondary N) is 1. The summed E-state index contributed by atoms with van der Waals surface area (Å²) in [6, 6.07) is 7.24. The SMILES string of the molecule is CC(C)n1cccc1C(=O)Nc1ncccc1Cl. The number of amides is 1. The number of carbonyl (C=O) groups is 1. The van der Waals surface area contributed by atoms with Crippen LogP contribution in [0, 0.1) is 0 Å². The van der Waals surface area contributed by atoms with Gasteiger partial charge in [0, 0.05) is 18.4 Å². The summed E-state index contributed by atoms with van der Waals surface area (Å²) < 4.78 is 1.90. The molecule has 0 aliphatic heterocycles. The minimum atomic E-state index is -0.214. The van der Waals surface area contributed by atoms with E-state index in [0.717, 1.165) is 0 Å². The highest BCUT2D eigenvalue weighted by Crippen LogP contribution is 2.19. The predicted molar refractivity (Wildman–Crippen MR) is 72.0 cm³/mol. The van der Waals surface area contributed by atoms with Crippen molar-refractivity contribution < 1.29 is 4.79 Å². The van der Waals surface area contributed by atoms with E-state index in [0.29, 0.717) is 16.5 Å². The Balaban J connectivity index is 2.23. The molecule has 4 nitrogen and oxygen atoms in total. The summed E-state index contributed by atoms with van der Waals surface area (Å²) in [6.07, 6.45) is 3.46. The Morgan fingerprint density at radius 1 is 1.39 bits per heavy atom. The van der Waals surface area contributed by atoms with Crippen LogP contribution in [0.25, 0.3) is 0 Å². The number of carbonyl (C=O) groups excluding carboxylic acids is 1. The third-order valence-corrected chi connectivity index (χ3v) is 2.86. The van der Waals surface area contributed by atoms with Crippen molar-refractivity contribution in [3.8, 4) is 0 Å². The first kappa shape index (κ1) is 12.6. The maximum atomic E-state index is 12.1. The lowest BCUT2D eigenvalue weighted by Gasteiger charge is -2.12. The molecule has 2 heterocycles. The number of pyridine rings is 1. The topological polar surface area (TPSA) is 46.9 Å². The minimum Gasteiger partial charge on any atom is -0.341 e. The van der Waals surface area contributed by atoms with E-state index in [4.69, 9.17) is 11.6 Å². The van der Waals surface area contributed by atoms with Gasteiger partial charge in [0.05, 0.1) is 5.02 Å². The van der Waals surface area contributed by atoms with E-state index in [2.05, 4.69) is 10.3 Å². The van der Waals surface area contributed by atoms with Gasteiger partial charge in [-0.2, -0.15) is 0 Å². The maximum Gasteiger partial charge on any atom is 0.273 e. The van der Waals surface area contributed by atoms with Crippen LogP contribution < -0.4 is 5.32 Å². The minimum absolute atomic E-state index is 0.214. The highest BCUT2D eigenvalue weighted by Gasteiger charge is 2.14. The summed E-state index contributed by atoms with van der Waals surface area (Å²) in [5.74, 6) is 0.162. The molecule has 0 saturated heterocycles. The van der Waals surface area contributed by atoms with Crippen molar-refractivity contribution in [2.24, 2.45) is 0 Å². The summed E-state index contributed by atoms with van der Waals surface area (Å²) in [7, 11) is 0. The van der Waals surface area contributed by atoms with E-state index in [-0.39, 0.29) is 11.9 Å². The van der Waals surface area contributed by atoms with Crippen LogP contribution >= 0.6 is 11.6 Å². The third-order valence-electron chi connectivity index (χ3n) is 2.56. The zero-order chi connectivity index (χ0) is 13.1. The van der Waals surface area contributed by atoms with E-state index in [1.54, 1.807) is 24.4 Å². The Kier molecular flexibility index (Phi) is 3.67. The normalized spacial score (nSPS) is 10.7. The molecule has 5 heteroatoms. The highest BCUT2D eigenvalue weighted by atomic mass is 35.5. The molecule has 2 aromatic heterocycles. The van der Waals surface area contributed by atoms with E-state index in [1.165, 1.54) is 0 Å². The number of hydrogen-bond acceptors (Lipinski definition) is 2. The lowest BCUT2D eigenvalue weighted by atomic mass is 10.3. The molecule has 0 aromatic carbocycles. The molecular weight excluding hydrogens is 250 g/mol. The van der Waals surface area contributed by atoms with Gasteiger partial charge in [-0.25, -0.2) is 4.98 Å². The molecule has 0 unspecified atom stereocenters. The van der Waals surface area contributed by atoms with Gasteiger partial charge in [0.15, 0.2) is 5.82 Å². The van der Waals surface area contributed by atoms with E-state index >= 15 is 0 Å². The maximum absolute atomic E-state index is 12.1. The van der Waals surface area contributed by atoms with Crippen LogP contribution in [0.5, 0.6) is 0 Å². The Morgan fingerprint density at radius 2 is 2.17 bits per heavy atom. The molecule has 0 aliphatic carbocycles. The fourth-order valence-corrected chi connectivity index (χ4v) is 1.85. The van der Waals surface area contributed by atoms with E-state index in [1.807, 2.05) is 30.7 Å². The van der Waals surface area contributed by atoms with Crippen molar-refractivity contribution in [2.75, 3.05) is 5.32 Å². The summed E-state index contributed by atoms with van der Waals surface area (Å²) in [4.78, 5) is 16.2. The predicted octanol–water partition coefficient (Wildman–Crippen LogP) is 3.37. The van der Waals surface area contributed by atoms with Crippen molar-refractivity contribution in [3.63, 3.8) is 0 Å². The zero-order valence-electron chi connectivity index (χ0n) is 10.2. The number of rotatable bonds is 3. The first-order valence-electron chi connectivity index (χ1n) is 5.68. The monoisotopic (exact) mass is 263 g/mol. The zero-order valence-corrected chi connectivity index (χ0v) is 11.0. The quantitative estimate of drug-likeness (QED) is 0.923. The van der Waals surface area contributed by atoms with Crippen molar-refractivity contribution in [1.82, 2.24) is 9.55 Å². The molecule has 94 valence electrons. The number of hydrogen-bond donors (Lipinski definition) is 1. The van der Waals surface area contributed by atoms with Crippen LogP contribution in [-0.4, -0.2) is 15.5 Å². The van der Waals surface area contributed by atoms with Gasteiger partial charge >= 0.3 is 0 Å². The number of aromatic nitrogens is 2. The van der Waals surface area contributed by atoms with Gasteiger partial charge in [0.2, 0.25) is 0 Å². The smallest absolute Gasteiger partial charge is 0.273 e. The average molecular weight is 264 g/mol. The number of anilines is 1. The summed E-state index contributed by atoms with van der Waals surface area (Å²) in [5, 5.41) is 3.13. The first-order valence-corrected chi connectivity index (χ1v) is 6.06. The molecule has 2 rings (SSSR count). The average Bonchev–Trinajstić information content (AvgIpc) is 2.81. The van der Waals surface area contributed by atoms with Gasteiger partial charge in [-0.1, -0.05) is 11.6 Å². The van der Waals surface area contributed by atoms with Crippen molar-refractivity contribution >= 4 is 23.3 Å². The van der Waals surface area contributed by atoms with Crippen LogP contribution in [-0.2, 0) is 0 Å². The summed E-state index contributed by atoms with van der Waals surface area (Å²) >= 11 is 5.95. The number of halogens is 1. The van der Waals surface area contributed by atoms with Gasteiger partial charge in [-0.15, -0.1) is 0 Å². The van der Waals surface area contributed by atoms with Gasteiger partial charge in [-0.3, -0.25) is 4.79 Å². The molecule has 0 saturated carbocycles. The Morgan fingerprint density at radius 3 is 2.83 bits per heavy atom. The standard InChI is InChI=1S/C13H14ClN3O/c1-9(2)17-8-4-6-11(17)13(18)16-12-10(14)5-3-7-15-12/h3-9H,1-2H3,(H,15,16,18). The van der Waals surface area contributed by atoms with Crippen LogP contribution in [0.1, 0.15) is 30.4 Å². The fraction of sp³-hybridized carbons (Fsp3) is 0.231. The molecule has 0 aliphatic rings. The van der Waals surface area contributed by atoms with E-state index in [9.17, 15) is 4.79 Å². The molecule has 1 N–H and O–H groups in total. The molecule has 0 atom stereocenters. The molecule has 0 fully saturated rings. The largest absolute Gasteiger partial charge is 0.341 e. The lowest BCUT2D eigenvalue weighted by molar-refractivity contribution is 0.101. The lowest BCUT2D eigenvalue weighted by Crippen LogP contribution is -2.18. The summed E-state index contributed by atoms with van der Waals surface area (Å²) in [6.45, 7) is 4.04. The highest BCUT2D eigenvalue weighted by molar-refractivity contribution is 6.33. The third kappa shape index (κ3) is 2.54. The van der Waals surface area contributed by atoms with Crippen molar-refractivity contribution in [2.45, 2.75) is 19.9 Å². The van der Waals surface area contributed by atoms with Crippen LogP contribution in [0.3, 0.4) is 0 Å². The molecule has 0 radical (unpaired) electrons. The molecule has 0 spiro atoms. The second-order valence-electron chi connectivity index (χ2n) is 4.18. The molecule has 1 amide bonds. The Hall–Kier alpha value is -1.81. The Bertz CT molecular complexity index is 563. The number of nitrogens with zero attached hydrogens (tertiary/aromatic N) is 2. The van der Waals surface area contributed by atoms with Crippen molar-refractivity contribution in [3.05, 3.63) is 47.4 Å². The second kappa shape index (κ2) is 5.23. The van der Waals surface area contributed by atoms with Crippen LogP contribution in [0.15, 0.2) is 36.7 Å². The summed E-state index contributed by atoms with van der Waals surface area (Å²) in [5.41, 5.74) is 0.590. The van der Waals surface area contributed by atoms with Crippen LogP contribution in [0.2, 0.25) is 5.02 Å². The molecule has 18 heavy (non-hydrogen) atoms. The molecule has 2 aromatic rings. The molecule has 0 bridgehead atoms. The van der Waals surface area contributed by atoms with Crippen LogP contribution in [0.4, 0.5) is 5.82 Å². The van der Waals surface area contributed by atoms with E-state index < -0.39 is 0 Å². The Labute approximate surface area is 111 Å². The van der Waals surface area contributed by atoms with Gasteiger partial charge in [-0.05, 0) is 38.1 Å². The molecular formula is C13H14ClN3O. The second-order valence-corrected chi connectivity index (χ2v) is 4.59. The van der Waals surface area contributed by atoms with Crippen molar-refractivity contribution in [1.29, 1.82) is 0 Å².